The monoisotopic (exact) mass is 217 g/mol. The maximum absolute atomic E-state index is 4.37. The molecule has 2 N–H and O–H groups in total. The number of hydrogen-bond acceptors (Lipinski definition) is 3. The zero-order valence-electron chi connectivity index (χ0n) is 9.76. The van der Waals surface area contributed by atoms with Gasteiger partial charge in [0, 0.05) is 31.4 Å². The minimum Gasteiger partial charge on any atom is -0.365 e. The van der Waals surface area contributed by atoms with E-state index in [9.17, 15) is 0 Å². The van der Waals surface area contributed by atoms with E-state index >= 15 is 0 Å². The maximum atomic E-state index is 4.37. The number of thioether (sulfide) groups is 1. The van der Waals surface area contributed by atoms with E-state index in [4.69, 9.17) is 0 Å². The van der Waals surface area contributed by atoms with Crippen molar-refractivity contribution in [3.05, 3.63) is 0 Å². The van der Waals surface area contributed by atoms with Crippen molar-refractivity contribution < 1.29 is 0 Å². The molecule has 0 rings (SSSR count). The molecule has 0 bridgehead atoms. The molecule has 0 atom stereocenters. The zero-order chi connectivity index (χ0) is 10.8. The van der Waals surface area contributed by atoms with Gasteiger partial charge in [-0.25, -0.2) is 0 Å². The highest BCUT2D eigenvalue weighted by atomic mass is 32.2. The van der Waals surface area contributed by atoms with E-state index in [-0.39, 0.29) is 0 Å². The van der Waals surface area contributed by atoms with Gasteiger partial charge in [-0.15, -0.1) is 0 Å². The highest BCUT2D eigenvalue weighted by Gasteiger charge is 1.98. The molecule has 0 fully saturated rings. The largest absolute Gasteiger partial charge is 0.365 e. The molecule has 0 saturated carbocycles. The van der Waals surface area contributed by atoms with Gasteiger partial charge in [0.15, 0.2) is 5.17 Å². The van der Waals surface area contributed by atoms with E-state index < -0.39 is 0 Å². The molecule has 0 unspecified atom stereocenters. The van der Waals surface area contributed by atoms with Gasteiger partial charge in [0.25, 0.3) is 0 Å². The Morgan fingerprint density at radius 1 is 1.36 bits per heavy atom. The standard InChI is InChI=1S/C10H23N3S/c1-5-11-10(12-6-2)14-8-7-13-9(3)4/h9,13H,5-8H2,1-4H3,(H,11,12). The Kier molecular flexibility index (Phi) is 9.19. The smallest absolute Gasteiger partial charge is 0.156 e. The first-order chi connectivity index (χ1) is 6.70. The quantitative estimate of drug-likeness (QED) is 0.404. The fourth-order valence-corrected chi connectivity index (χ4v) is 1.82. The summed E-state index contributed by atoms with van der Waals surface area (Å²) in [7, 11) is 0. The van der Waals surface area contributed by atoms with Crippen molar-refractivity contribution in [2.24, 2.45) is 4.99 Å². The van der Waals surface area contributed by atoms with Gasteiger partial charge in [0.05, 0.1) is 0 Å². The molecule has 0 aromatic carbocycles. The molecule has 0 heterocycles. The van der Waals surface area contributed by atoms with Crippen LogP contribution >= 0.6 is 11.8 Å². The van der Waals surface area contributed by atoms with Crippen LogP contribution in [0.2, 0.25) is 0 Å². The minimum absolute atomic E-state index is 0.571. The highest BCUT2D eigenvalue weighted by Crippen LogP contribution is 2.00. The SMILES string of the molecule is CCN=C(NCC)SCCNC(C)C. The molecule has 0 aromatic rings. The summed E-state index contributed by atoms with van der Waals surface area (Å²) in [6.07, 6.45) is 0. The van der Waals surface area contributed by atoms with Crippen molar-refractivity contribution in [1.29, 1.82) is 0 Å². The number of nitrogens with one attached hydrogen (secondary N) is 2. The van der Waals surface area contributed by atoms with E-state index in [1.807, 2.05) is 0 Å². The minimum atomic E-state index is 0.571. The van der Waals surface area contributed by atoms with Crippen LogP contribution in [0.3, 0.4) is 0 Å². The average molecular weight is 217 g/mol. The lowest BCUT2D eigenvalue weighted by atomic mass is 10.4. The third kappa shape index (κ3) is 8.38. The Bertz CT molecular complexity index is 157. The second-order valence-corrected chi connectivity index (χ2v) is 4.35. The third-order valence-electron chi connectivity index (χ3n) is 1.52. The fourth-order valence-electron chi connectivity index (χ4n) is 0.943. The summed E-state index contributed by atoms with van der Waals surface area (Å²) in [5.74, 6) is 1.07. The lowest BCUT2D eigenvalue weighted by Crippen LogP contribution is -2.27. The molecule has 0 aliphatic heterocycles. The summed E-state index contributed by atoms with van der Waals surface area (Å²) in [5, 5.41) is 7.71. The Hall–Kier alpha value is -0.220. The van der Waals surface area contributed by atoms with Crippen LogP contribution in [0.15, 0.2) is 4.99 Å². The predicted octanol–water partition coefficient (Wildman–Crippen LogP) is 1.70. The van der Waals surface area contributed by atoms with Gasteiger partial charge in [0.1, 0.15) is 0 Å². The van der Waals surface area contributed by atoms with Gasteiger partial charge in [-0.2, -0.15) is 0 Å². The zero-order valence-corrected chi connectivity index (χ0v) is 10.6. The summed E-state index contributed by atoms with van der Waals surface area (Å²) in [4.78, 5) is 4.37. The van der Waals surface area contributed by atoms with E-state index in [0.29, 0.717) is 6.04 Å². The van der Waals surface area contributed by atoms with Crippen LogP contribution < -0.4 is 10.6 Å². The number of rotatable bonds is 6. The van der Waals surface area contributed by atoms with E-state index in [1.54, 1.807) is 11.8 Å². The summed E-state index contributed by atoms with van der Waals surface area (Å²) in [6, 6.07) is 0.571. The van der Waals surface area contributed by atoms with Crippen LogP contribution in [0.4, 0.5) is 0 Å². The summed E-state index contributed by atoms with van der Waals surface area (Å²) in [6.45, 7) is 11.3. The van der Waals surface area contributed by atoms with Crippen LogP contribution in [0.1, 0.15) is 27.7 Å². The fraction of sp³-hybridized carbons (Fsp3) is 0.900. The number of amidine groups is 1. The van der Waals surface area contributed by atoms with Gasteiger partial charge >= 0.3 is 0 Å². The molecular weight excluding hydrogens is 194 g/mol. The van der Waals surface area contributed by atoms with Crippen molar-refractivity contribution in [1.82, 2.24) is 10.6 Å². The van der Waals surface area contributed by atoms with Crippen LogP contribution in [0.5, 0.6) is 0 Å². The Morgan fingerprint density at radius 2 is 2.07 bits per heavy atom. The van der Waals surface area contributed by atoms with Gasteiger partial charge < -0.3 is 10.6 Å². The van der Waals surface area contributed by atoms with E-state index in [2.05, 4.69) is 43.3 Å². The molecule has 3 nitrogen and oxygen atoms in total. The summed E-state index contributed by atoms with van der Waals surface area (Å²) < 4.78 is 0. The number of aliphatic imine (C=N–C) groups is 1. The van der Waals surface area contributed by atoms with Crippen molar-refractivity contribution in [3.63, 3.8) is 0 Å². The molecule has 0 saturated heterocycles. The maximum Gasteiger partial charge on any atom is 0.156 e. The molecule has 0 aliphatic carbocycles. The van der Waals surface area contributed by atoms with Gasteiger partial charge in [-0.3, -0.25) is 4.99 Å². The van der Waals surface area contributed by atoms with E-state index in [0.717, 1.165) is 30.6 Å². The Balaban J connectivity index is 3.56. The summed E-state index contributed by atoms with van der Waals surface area (Å²) in [5.41, 5.74) is 0. The molecule has 4 heteroatoms. The first kappa shape index (κ1) is 13.8. The molecule has 14 heavy (non-hydrogen) atoms. The second kappa shape index (κ2) is 9.34. The lowest BCUT2D eigenvalue weighted by molar-refractivity contribution is 0.616. The van der Waals surface area contributed by atoms with Crippen LogP contribution in [-0.2, 0) is 0 Å². The number of hydrogen-bond donors (Lipinski definition) is 2. The molecule has 84 valence electrons. The summed E-state index contributed by atoms with van der Waals surface area (Å²) >= 11 is 1.79. The molecule has 0 spiro atoms. The third-order valence-corrected chi connectivity index (χ3v) is 2.48. The first-order valence-electron chi connectivity index (χ1n) is 5.35. The Labute approximate surface area is 92.1 Å². The highest BCUT2D eigenvalue weighted by molar-refractivity contribution is 8.13. The van der Waals surface area contributed by atoms with Crippen LogP contribution in [0, 0.1) is 0 Å². The van der Waals surface area contributed by atoms with Gasteiger partial charge in [-0.1, -0.05) is 25.6 Å². The topological polar surface area (TPSA) is 36.4 Å². The van der Waals surface area contributed by atoms with Crippen LogP contribution in [-0.4, -0.2) is 36.6 Å². The molecule has 0 aromatic heterocycles. The lowest BCUT2D eigenvalue weighted by Gasteiger charge is -2.09. The van der Waals surface area contributed by atoms with Crippen molar-refractivity contribution in [2.75, 3.05) is 25.4 Å². The van der Waals surface area contributed by atoms with Crippen LogP contribution in [0.25, 0.3) is 0 Å². The second-order valence-electron chi connectivity index (χ2n) is 3.27. The van der Waals surface area contributed by atoms with Gasteiger partial charge in [0.2, 0.25) is 0 Å². The predicted molar refractivity (Wildman–Crippen MR) is 67.2 cm³/mol. The normalized spacial score (nSPS) is 12.2. The van der Waals surface area contributed by atoms with Crippen molar-refractivity contribution in [2.45, 2.75) is 33.7 Å². The molecule has 0 aliphatic rings. The number of nitrogens with zero attached hydrogens (tertiary/aromatic N) is 1. The van der Waals surface area contributed by atoms with Gasteiger partial charge in [-0.05, 0) is 13.8 Å². The first-order valence-corrected chi connectivity index (χ1v) is 6.33. The Morgan fingerprint density at radius 3 is 2.57 bits per heavy atom. The van der Waals surface area contributed by atoms with Crippen molar-refractivity contribution in [3.8, 4) is 0 Å². The molecular formula is C10H23N3S. The molecule has 0 radical (unpaired) electrons. The van der Waals surface area contributed by atoms with Crippen molar-refractivity contribution >= 4 is 16.9 Å². The van der Waals surface area contributed by atoms with E-state index in [1.165, 1.54) is 0 Å². The average Bonchev–Trinajstić information content (AvgIpc) is 2.12. The molecule has 0 amide bonds.